The van der Waals surface area contributed by atoms with Crippen LogP contribution in [0, 0.1) is 5.92 Å². The Morgan fingerprint density at radius 1 is 1.69 bits per heavy atom. The van der Waals surface area contributed by atoms with Gasteiger partial charge in [0.15, 0.2) is 0 Å². The van der Waals surface area contributed by atoms with Gasteiger partial charge in [-0.25, -0.2) is 0 Å². The Kier molecular flexibility index (Phi) is 4.19. The molecule has 0 radical (unpaired) electrons. The second kappa shape index (κ2) is 4.96. The SMILES string of the molecule is CCC(CN)C(O)c1ccsc1Cl. The first-order valence-electron chi connectivity index (χ1n) is 4.31. The monoisotopic (exact) mass is 219 g/mol. The molecule has 3 N–H and O–H groups in total. The van der Waals surface area contributed by atoms with E-state index in [0.29, 0.717) is 10.9 Å². The van der Waals surface area contributed by atoms with Crippen LogP contribution in [0.4, 0.5) is 0 Å². The van der Waals surface area contributed by atoms with Crippen LogP contribution in [-0.2, 0) is 0 Å². The smallest absolute Gasteiger partial charge is 0.0986 e. The molecule has 2 unspecified atom stereocenters. The summed E-state index contributed by atoms with van der Waals surface area (Å²) in [4.78, 5) is 0. The molecule has 0 aromatic carbocycles. The zero-order valence-electron chi connectivity index (χ0n) is 7.53. The third-order valence-electron chi connectivity index (χ3n) is 2.24. The molecule has 2 nitrogen and oxygen atoms in total. The summed E-state index contributed by atoms with van der Waals surface area (Å²) < 4.78 is 0.666. The lowest BCUT2D eigenvalue weighted by Gasteiger charge is -2.19. The summed E-state index contributed by atoms with van der Waals surface area (Å²) in [7, 11) is 0. The van der Waals surface area contributed by atoms with Gasteiger partial charge in [-0.15, -0.1) is 11.3 Å². The fraction of sp³-hybridized carbons (Fsp3) is 0.556. The number of aliphatic hydroxyl groups excluding tert-OH is 1. The van der Waals surface area contributed by atoms with E-state index >= 15 is 0 Å². The summed E-state index contributed by atoms with van der Waals surface area (Å²) in [5, 5.41) is 11.8. The number of aliphatic hydroxyl groups is 1. The molecule has 1 rings (SSSR count). The van der Waals surface area contributed by atoms with Crippen molar-refractivity contribution in [3.63, 3.8) is 0 Å². The van der Waals surface area contributed by atoms with Crippen LogP contribution in [0.1, 0.15) is 25.0 Å². The van der Waals surface area contributed by atoms with Gasteiger partial charge < -0.3 is 10.8 Å². The van der Waals surface area contributed by atoms with Crippen LogP contribution in [0.25, 0.3) is 0 Å². The van der Waals surface area contributed by atoms with E-state index in [9.17, 15) is 5.11 Å². The minimum absolute atomic E-state index is 0.104. The van der Waals surface area contributed by atoms with Crippen molar-refractivity contribution in [1.82, 2.24) is 0 Å². The minimum Gasteiger partial charge on any atom is -0.388 e. The summed E-state index contributed by atoms with van der Waals surface area (Å²) in [6.45, 7) is 2.50. The minimum atomic E-state index is -0.520. The van der Waals surface area contributed by atoms with Gasteiger partial charge in [0.05, 0.1) is 10.4 Å². The highest BCUT2D eigenvalue weighted by molar-refractivity contribution is 7.14. The largest absolute Gasteiger partial charge is 0.388 e. The number of hydrogen-bond acceptors (Lipinski definition) is 3. The molecule has 0 aliphatic heterocycles. The lowest BCUT2D eigenvalue weighted by atomic mass is 9.95. The number of nitrogens with two attached hydrogens (primary N) is 1. The lowest BCUT2D eigenvalue weighted by molar-refractivity contribution is 0.110. The van der Waals surface area contributed by atoms with Gasteiger partial charge in [0.2, 0.25) is 0 Å². The van der Waals surface area contributed by atoms with Gasteiger partial charge in [-0.1, -0.05) is 18.5 Å². The quantitative estimate of drug-likeness (QED) is 0.817. The molecule has 0 bridgehead atoms. The highest BCUT2D eigenvalue weighted by Gasteiger charge is 2.20. The zero-order chi connectivity index (χ0) is 9.84. The standard InChI is InChI=1S/C9H14ClNOS/c1-2-6(5-11)8(12)7-3-4-13-9(7)10/h3-4,6,8,12H,2,5,11H2,1H3. The molecule has 0 spiro atoms. The molecule has 2 atom stereocenters. The lowest BCUT2D eigenvalue weighted by Crippen LogP contribution is -2.21. The Morgan fingerprint density at radius 2 is 2.38 bits per heavy atom. The van der Waals surface area contributed by atoms with Crippen molar-refractivity contribution in [3.8, 4) is 0 Å². The maximum Gasteiger partial charge on any atom is 0.0986 e. The molecule has 0 aliphatic rings. The fourth-order valence-corrected chi connectivity index (χ4v) is 2.28. The third kappa shape index (κ3) is 2.44. The average Bonchev–Trinajstić information content (AvgIpc) is 2.53. The number of rotatable bonds is 4. The van der Waals surface area contributed by atoms with Crippen molar-refractivity contribution in [3.05, 3.63) is 21.3 Å². The van der Waals surface area contributed by atoms with Crippen LogP contribution < -0.4 is 5.73 Å². The molecule has 74 valence electrons. The van der Waals surface area contributed by atoms with Crippen LogP contribution >= 0.6 is 22.9 Å². The molecule has 0 saturated heterocycles. The highest BCUT2D eigenvalue weighted by Crippen LogP contribution is 2.33. The molecule has 1 heterocycles. The Hall–Kier alpha value is -0.0900. The predicted molar refractivity (Wildman–Crippen MR) is 57.1 cm³/mol. The zero-order valence-corrected chi connectivity index (χ0v) is 9.11. The van der Waals surface area contributed by atoms with Gasteiger partial charge in [-0.2, -0.15) is 0 Å². The molecule has 0 saturated carbocycles. The number of halogens is 1. The Morgan fingerprint density at radius 3 is 2.77 bits per heavy atom. The van der Waals surface area contributed by atoms with Gasteiger partial charge in [-0.05, 0) is 24.4 Å². The summed E-state index contributed by atoms with van der Waals surface area (Å²) >= 11 is 7.35. The van der Waals surface area contributed by atoms with Crippen LogP contribution in [0.5, 0.6) is 0 Å². The topological polar surface area (TPSA) is 46.2 Å². The fourth-order valence-electron chi connectivity index (χ4n) is 1.29. The van der Waals surface area contributed by atoms with E-state index in [4.69, 9.17) is 17.3 Å². The Labute approximate surface area is 87.3 Å². The molecule has 4 heteroatoms. The summed E-state index contributed by atoms with van der Waals surface area (Å²) in [6, 6.07) is 1.86. The van der Waals surface area contributed by atoms with Crippen molar-refractivity contribution >= 4 is 22.9 Å². The first kappa shape index (κ1) is 11.0. The third-order valence-corrected chi connectivity index (χ3v) is 3.44. The van der Waals surface area contributed by atoms with Crippen molar-refractivity contribution in [2.45, 2.75) is 19.4 Å². The second-order valence-corrected chi connectivity index (χ2v) is 4.52. The van der Waals surface area contributed by atoms with Gasteiger partial charge in [0, 0.05) is 11.5 Å². The van der Waals surface area contributed by atoms with E-state index < -0.39 is 6.10 Å². The van der Waals surface area contributed by atoms with Gasteiger partial charge in [0.1, 0.15) is 0 Å². The summed E-state index contributed by atoms with van der Waals surface area (Å²) in [5.74, 6) is 0.104. The predicted octanol–water partition coefficient (Wildman–Crippen LogP) is 2.42. The molecule has 0 fully saturated rings. The van der Waals surface area contributed by atoms with Crippen LogP contribution in [-0.4, -0.2) is 11.7 Å². The second-order valence-electron chi connectivity index (χ2n) is 3.00. The first-order chi connectivity index (χ1) is 6.20. The van der Waals surface area contributed by atoms with Gasteiger partial charge in [0.25, 0.3) is 0 Å². The molecule has 13 heavy (non-hydrogen) atoms. The molecular formula is C9H14ClNOS. The van der Waals surface area contributed by atoms with Crippen LogP contribution in [0.3, 0.4) is 0 Å². The maximum absolute atomic E-state index is 9.89. The first-order valence-corrected chi connectivity index (χ1v) is 5.57. The van der Waals surface area contributed by atoms with Crippen molar-refractivity contribution in [2.24, 2.45) is 11.7 Å². The van der Waals surface area contributed by atoms with E-state index in [1.807, 2.05) is 18.4 Å². The molecule has 0 amide bonds. The Bertz CT molecular complexity index is 260. The number of hydrogen-bond donors (Lipinski definition) is 2. The molecule has 1 aromatic heterocycles. The normalized spacial score (nSPS) is 15.7. The summed E-state index contributed by atoms with van der Waals surface area (Å²) in [5.41, 5.74) is 6.35. The van der Waals surface area contributed by atoms with E-state index in [0.717, 1.165) is 12.0 Å². The Balaban J connectivity index is 2.77. The van der Waals surface area contributed by atoms with Gasteiger partial charge >= 0.3 is 0 Å². The van der Waals surface area contributed by atoms with Crippen LogP contribution in [0.2, 0.25) is 4.34 Å². The highest BCUT2D eigenvalue weighted by atomic mass is 35.5. The van der Waals surface area contributed by atoms with E-state index in [2.05, 4.69) is 0 Å². The van der Waals surface area contributed by atoms with Crippen molar-refractivity contribution in [2.75, 3.05) is 6.54 Å². The average molecular weight is 220 g/mol. The van der Waals surface area contributed by atoms with E-state index in [1.165, 1.54) is 11.3 Å². The van der Waals surface area contributed by atoms with Crippen molar-refractivity contribution in [1.29, 1.82) is 0 Å². The van der Waals surface area contributed by atoms with E-state index in [-0.39, 0.29) is 5.92 Å². The van der Waals surface area contributed by atoms with E-state index in [1.54, 1.807) is 0 Å². The molecular weight excluding hydrogens is 206 g/mol. The summed E-state index contributed by atoms with van der Waals surface area (Å²) in [6.07, 6.45) is 0.345. The van der Waals surface area contributed by atoms with Crippen LogP contribution in [0.15, 0.2) is 11.4 Å². The number of thiophene rings is 1. The van der Waals surface area contributed by atoms with Gasteiger partial charge in [-0.3, -0.25) is 0 Å². The molecule has 1 aromatic rings. The maximum atomic E-state index is 9.89. The molecule has 0 aliphatic carbocycles. The van der Waals surface area contributed by atoms with Crippen molar-refractivity contribution < 1.29 is 5.11 Å².